The van der Waals surface area contributed by atoms with Crippen molar-refractivity contribution in [2.45, 2.75) is 19.1 Å². The highest BCUT2D eigenvalue weighted by atomic mass is 16.5. The molecule has 0 saturated carbocycles. The van der Waals surface area contributed by atoms with E-state index in [0.717, 1.165) is 16.8 Å². The van der Waals surface area contributed by atoms with Crippen molar-refractivity contribution in [1.82, 2.24) is 14.8 Å². The Bertz CT molecular complexity index is 524. The molecule has 1 atom stereocenters. The van der Waals surface area contributed by atoms with E-state index >= 15 is 0 Å². The third-order valence-corrected chi connectivity index (χ3v) is 3.18. The van der Waals surface area contributed by atoms with Gasteiger partial charge in [0.1, 0.15) is 0 Å². The molecule has 5 heteroatoms. The van der Waals surface area contributed by atoms with Crippen LogP contribution in [0.5, 0.6) is 0 Å². The van der Waals surface area contributed by atoms with Gasteiger partial charge in [0.2, 0.25) is 0 Å². The number of aliphatic hydroxyl groups is 1. The van der Waals surface area contributed by atoms with E-state index in [9.17, 15) is 5.11 Å². The molecular weight excluding hydrogens is 230 g/mol. The van der Waals surface area contributed by atoms with E-state index in [2.05, 4.69) is 10.1 Å². The number of fused-ring (bicyclic) bond motifs is 1. The first-order valence-corrected chi connectivity index (χ1v) is 6.00. The van der Waals surface area contributed by atoms with Crippen LogP contribution in [0, 0.1) is 0 Å². The minimum Gasteiger partial charge on any atom is -0.396 e. The third kappa shape index (κ3) is 2.14. The molecule has 0 aromatic carbocycles. The molecule has 1 aliphatic rings. The Balaban J connectivity index is 1.84. The van der Waals surface area contributed by atoms with E-state index in [1.807, 2.05) is 23.0 Å². The summed E-state index contributed by atoms with van der Waals surface area (Å²) in [6, 6.07) is 3.95. The molecule has 0 bridgehead atoms. The number of aromatic nitrogens is 3. The van der Waals surface area contributed by atoms with E-state index < -0.39 is 0 Å². The molecule has 3 heterocycles. The van der Waals surface area contributed by atoms with Crippen LogP contribution in [-0.2, 0) is 17.9 Å². The molecular formula is C13H15N3O2. The Morgan fingerprint density at radius 3 is 3.00 bits per heavy atom. The van der Waals surface area contributed by atoms with Gasteiger partial charge in [-0.3, -0.25) is 9.67 Å². The highest BCUT2D eigenvalue weighted by molar-refractivity contribution is 5.24. The quantitative estimate of drug-likeness (QED) is 0.874. The monoisotopic (exact) mass is 245 g/mol. The molecule has 94 valence electrons. The van der Waals surface area contributed by atoms with Gasteiger partial charge in [0, 0.05) is 30.1 Å². The molecule has 2 aromatic heterocycles. The molecule has 0 fully saturated rings. The number of nitrogens with zero attached hydrogens (tertiary/aromatic N) is 3. The van der Waals surface area contributed by atoms with Crippen molar-refractivity contribution in [3.05, 3.63) is 47.5 Å². The van der Waals surface area contributed by atoms with Crippen LogP contribution in [0.4, 0.5) is 0 Å². The molecule has 0 radical (unpaired) electrons. The van der Waals surface area contributed by atoms with Gasteiger partial charge >= 0.3 is 0 Å². The zero-order valence-corrected chi connectivity index (χ0v) is 9.99. The standard InChI is InChI=1S/C13H15N3O2/c17-7-11-8-18-9-13-12(11)6-16(15-13)5-10-1-3-14-4-2-10/h1-4,6,11,17H,5,7-9H2/t11-/m0/s1. The lowest BCUT2D eigenvalue weighted by Gasteiger charge is -2.19. The van der Waals surface area contributed by atoms with E-state index in [-0.39, 0.29) is 12.5 Å². The van der Waals surface area contributed by atoms with Gasteiger partial charge < -0.3 is 9.84 Å². The molecule has 0 unspecified atom stereocenters. The van der Waals surface area contributed by atoms with Crippen LogP contribution in [-0.4, -0.2) is 33.1 Å². The molecule has 0 saturated heterocycles. The first-order valence-electron chi connectivity index (χ1n) is 6.00. The van der Waals surface area contributed by atoms with Crippen LogP contribution in [0.15, 0.2) is 30.7 Å². The summed E-state index contributed by atoms with van der Waals surface area (Å²) >= 11 is 0. The van der Waals surface area contributed by atoms with Crippen molar-refractivity contribution in [1.29, 1.82) is 0 Å². The molecule has 5 nitrogen and oxygen atoms in total. The normalized spacial score (nSPS) is 18.6. The smallest absolute Gasteiger partial charge is 0.0918 e. The average Bonchev–Trinajstić information content (AvgIpc) is 2.82. The Kier molecular flexibility index (Phi) is 3.08. The van der Waals surface area contributed by atoms with Crippen LogP contribution >= 0.6 is 0 Å². The minimum absolute atomic E-state index is 0.0555. The summed E-state index contributed by atoms with van der Waals surface area (Å²) in [5, 5.41) is 13.8. The first kappa shape index (κ1) is 11.4. The lowest BCUT2D eigenvalue weighted by Crippen LogP contribution is -2.18. The Labute approximate surface area is 105 Å². The van der Waals surface area contributed by atoms with Gasteiger partial charge in [-0.1, -0.05) is 0 Å². The van der Waals surface area contributed by atoms with Crippen LogP contribution < -0.4 is 0 Å². The second kappa shape index (κ2) is 4.88. The zero-order chi connectivity index (χ0) is 12.4. The van der Waals surface area contributed by atoms with Crippen molar-refractivity contribution in [3.63, 3.8) is 0 Å². The number of rotatable bonds is 3. The fourth-order valence-electron chi connectivity index (χ4n) is 2.22. The number of hydrogen-bond donors (Lipinski definition) is 1. The predicted octanol–water partition coefficient (Wildman–Crippen LogP) is 0.932. The number of aliphatic hydroxyl groups excluding tert-OH is 1. The third-order valence-electron chi connectivity index (χ3n) is 3.18. The molecule has 3 rings (SSSR count). The average molecular weight is 245 g/mol. The molecule has 1 aliphatic heterocycles. The van der Waals surface area contributed by atoms with Crippen molar-refractivity contribution in [3.8, 4) is 0 Å². The topological polar surface area (TPSA) is 60.2 Å². The molecule has 0 aliphatic carbocycles. The molecule has 0 spiro atoms. The first-order chi connectivity index (χ1) is 8.86. The van der Waals surface area contributed by atoms with Gasteiger partial charge in [-0.05, 0) is 17.7 Å². The van der Waals surface area contributed by atoms with E-state index in [0.29, 0.717) is 19.8 Å². The lowest BCUT2D eigenvalue weighted by atomic mass is 10.00. The summed E-state index contributed by atoms with van der Waals surface area (Å²) in [6.07, 6.45) is 5.57. The molecule has 18 heavy (non-hydrogen) atoms. The summed E-state index contributed by atoms with van der Waals surface area (Å²) in [5.74, 6) is 0.0555. The fraction of sp³-hybridized carbons (Fsp3) is 0.385. The predicted molar refractivity (Wildman–Crippen MR) is 65.0 cm³/mol. The van der Waals surface area contributed by atoms with Gasteiger partial charge in [-0.2, -0.15) is 5.10 Å². The van der Waals surface area contributed by atoms with Crippen molar-refractivity contribution >= 4 is 0 Å². The maximum absolute atomic E-state index is 9.31. The van der Waals surface area contributed by atoms with Crippen LogP contribution in [0.2, 0.25) is 0 Å². The second-order valence-corrected chi connectivity index (χ2v) is 4.48. The Morgan fingerprint density at radius 1 is 1.39 bits per heavy atom. The zero-order valence-electron chi connectivity index (χ0n) is 9.99. The van der Waals surface area contributed by atoms with E-state index in [1.165, 1.54) is 0 Å². The largest absolute Gasteiger partial charge is 0.396 e. The fourth-order valence-corrected chi connectivity index (χ4v) is 2.22. The Hall–Kier alpha value is -1.72. The van der Waals surface area contributed by atoms with Crippen molar-refractivity contribution < 1.29 is 9.84 Å². The van der Waals surface area contributed by atoms with E-state index in [4.69, 9.17) is 4.74 Å². The van der Waals surface area contributed by atoms with Gasteiger partial charge in [0.25, 0.3) is 0 Å². The summed E-state index contributed by atoms with van der Waals surface area (Å²) in [5.41, 5.74) is 3.21. The van der Waals surface area contributed by atoms with Crippen LogP contribution in [0.25, 0.3) is 0 Å². The van der Waals surface area contributed by atoms with Gasteiger partial charge in [-0.25, -0.2) is 0 Å². The van der Waals surface area contributed by atoms with Gasteiger partial charge in [-0.15, -0.1) is 0 Å². The number of pyridine rings is 1. The van der Waals surface area contributed by atoms with E-state index in [1.54, 1.807) is 12.4 Å². The maximum atomic E-state index is 9.31. The van der Waals surface area contributed by atoms with Crippen molar-refractivity contribution in [2.24, 2.45) is 0 Å². The van der Waals surface area contributed by atoms with Crippen LogP contribution in [0.1, 0.15) is 22.7 Å². The second-order valence-electron chi connectivity index (χ2n) is 4.48. The number of hydrogen-bond acceptors (Lipinski definition) is 4. The van der Waals surface area contributed by atoms with Gasteiger partial charge in [0.05, 0.1) is 32.1 Å². The summed E-state index contributed by atoms with van der Waals surface area (Å²) < 4.78 is 7.32. The Morgan fingerprint density at radius 2 is 2.22 bits per heavy atom. The summed E-state index contributed by atoms with van der Waals surface area (Å²) in [7, 11) is 0. The highest BCUT2D eigenvalue weighted by Gasteiger charge is 2.23. The molecule has 2 aromatic rings. The van der Waals surface area contributed by atoms with Crippen molar-refractivity contribution in [2.75, 3.05) is 13.2 Å². The number of ether oxygens (including phenoxy) is 1. The molecule has 1 N–H and O–H groups in total. The highest BCUT2D eigenvalue weighted by Crippen LogP contribution is 2.25. The summed E-state index contributed by atoms with van der Waals surface area (Å²) in [4.78, 5) is 3.99. The SMILES string of the molecule is OC[C@H]1COCc2nn(Cc3ccncc3)cc21. The molecule has 0 amide bonds. The minimum atomic E-state index is 0.0555. The van der Waals surface area contributed by atoms with Gasteiger partial charge in [0.15, 0.2) is 0 Å². The maximum Gasteiger partial charge on any atom is 0.0918 e. The lowest BCUT2D eigenvalue weighted by molar-refractivity contribution is 0.0702. The summed E-state index contributed by atoms with van der Waals surface area (Å²) in [6.45, 7) is 1.93. The van der Waals surface area contributed by atoms with Crippen LogP contribution in [0.3, 0.4) is 0 Å².